The first-order valence-electron chi connectivity index (χ1n) is 3.23. The molecule has 1 rings (SSSR count). The average molecular weight is 165 g/mol. The maximum atomic E-state index is 10.8. The number of sulfonamides is 1. The lowest BCUT2D eigenvalue weighted by molar-refractivity contribution is 0.406. The van der Waals surface area contributed by atoms with E-state index in [0.717, 1.165) is 0 Å². The predicted octanol–water partition coefficient (Wildman–Crippen LogP) is -0.675. The van der Waals surface area contributed by atoms with Gasteiger partial charge in [-0.25, -0.2) is 13.1 Å². The molecule has 4 nitrogen and oxygen atoms in total. The molecular formula is C5H11NO3S. The quantitative estimate of drug-likeness (QED) is 0.562. The third-order valence-corrected chi connectivity index (χ3v) is 2.68. The van der Waals surface area contributed by atoms with E-state index in [1.165, 1.54) is 0 Å². The molecule has 0 saturated carbocycles. The van der Waals surface area contributed by atoms with Gasteiger partial charge >= 0.3 is 0 Å². The number of rotatable bonds is 4. The van der Waals surface area contributed by atoms with Crippen molar-refractivity contribution in [3.8, 4) is 0 Å². The summed E-state index contributed by atoms with van der Waals surface area (Å²) in [5.74, 6) is 0.139. The molecule has 0 spiro atoms. The van der Waals surface area contributed by atoms with Gasteiger partial charge in [0, 0.05) is 6.54 Å². The highest BCUT2D eigenvalue weighted by Gasteiger charge is 2.23. The minimum Gasteiger partial charge on any atom is -0.372 e. The second kappa shape index (κ2) is 2.86. The van der Waals surface area contributed by atoms with Gasteiger partial charge in [-0.1, -0.05) is 0 Å². The number of hydrogen-bond donors (Lipinski definition) is 1. The molecule has 0 radical (unpaired) electrons. The summed E-state index contributed by atoms with van der Waals surface area (Å²) in [6, 6.07) is 0. The smallest absolute Gasteiger partial charge is 0.211 e. The Bertz CT molecular complexity index is 195. The summed E-state index contributed by atoms with van der Waals surface area (Å²) in [7, 11) is -3.00. The monoisotopic (exact) mass is 165 g/mol. The van der Waals surface area contributed by atoms with Gasteiger partial charge in [0.15, 0.2) is 0 Å². The zero-order valence-electron chi connectivity index (χ0n) is 5.83. The third-order valence-electron chi connectivity index (χ3n) is 1.31. The van der Waals surface area contributed by atoms with E-state index in [9.17, 15) is 8.42 Å². The Morgan fingerprint density at radius 3 is 2.70 bits per heavy atom. The zero-order valence-corrected chi connectivity index (χ0v) is 6.65. The van der Waals surface area contributed by atoms with Gasteiger partial charge in [-0.05, 0) is 6.92 Å². The van der Waals surface area contributed by atoms with E-state index in [-0.39, 0.29) is 11.9 Å². The molecule has 1 aliphatic rings. The highest BCUT2D eigenvalue weighted by atomic mass is 32.2. The van der Waals surface area contributed by atoms with Crippen LogP contribution in [0.3, 0.4) is 0 Å². The molecule has 1 atom stereocenters. The molecule has 0 aromatic rings. The first kappa shape index (κ1) is 7.97. The molecule has 0 aliphatic carbocycles. The lowest BCUT2D eigenvalue weighted by Crippen LogP contribution is -2.28. The van der Waals surface area contributed by atoms with Crippen molar-refractivity contribution < 1.29 is 13.2 Å². The molecule has 1 fully saturated rings. The van der Waals surface area contributed by atoms with Gasteiger partial charge in [0.1, 0.15) is 0 Å². The molecule has 0 aromatic heterocycles. The number of ether oxygens (including phenoxy) is 1. The molecule has 60 valence electrons. The van der Waals surface area contributed by atoms with Crippen LogP contribution < -0.4 is 4.72 Å². The Balaban J connectivity index is 2.22. The Hall–Kier alpha value is -0.130. The van der Waals surface area contributed by atoms with Crippen LogP contribution in [-0.2, 0) is 14.8 Å². The van der Waals surface area contributed by atoms with Crippen molar-refractivity contribution in [3.63, 3.8) is 0 Å². The van der Waals surface area contributed by atoms with E-state index in [2.05, 4.69) is 4.72 Å². The van der Waals surface area contributed by atoms with Gasteiger partial charge in [0.2, 0.25) is 10.0 Å². The van der Waals surface area contributed by atoms with Crippen LogP contribution in [0.4, 0.5) is 0 Å². The van der Waals surface area contributed by atoms with Crippen molar-refractivity contribution in [3.05, 3.63) is 0 Å². The Kier molecular flexibility index (Phi) is 2.28. The van der Waals surface area contributed by atoms with Crippen molar-refractivity contribution in [1.29, 1.82) is 0 Å². The largest absolute Gasteiger partial charge is 0.372 e. The van der Waals surface area contributed by atoms with Crippen LogP contribution in [-0.4, -0.2) is 33.4 Å². The molecule has 0 bridgehead atoms. The second-order valence-electron chi connectivity index (χ2n) is 2.21. The normalized spacial score (nSPS) is 24.7. The van der Waals surface area contributed by atoms with Crippen molar-refractivity contribution in [2.45, 2.75) is 13.0 Å². The van der Waals surface area contributed by atoms with Crippen LogP contribution in [0, 0.1) is 0 Å². The van der Waals surface area contributed by atoms with E-state index in [1.54, 1.807) is 6.92 Å². The van der Waals surface area contributed by atoms with Crippen LogP contribution in [0.2, 0.25) is 0 Å². The zero-order chi connectivity index (χ0) is 7.61. The summed E-state index contributed by atoms with van der Waals surface area (Å²) >= 11 is 0. The van der Waals surface area contributed by atoms with Crippen LogP contribution in [0.5, 0.6) is 0 Å². The molecule has 0 aromatic carbocycles. The Labute approximate surface area is 60.6 Å². The van der Waals surface area contributed by atoms with Crippen LogP contribution in [0.25, 0.3) is 0 Å². The first-order valence-corrected chi connectivity index (χ1v) is 4.88. The topological polar surface area (TPSA) is 58.7 Å². The molecule has 5 heteroatoms. The average Bonchev–Trinajstić information content (AvgIpc) is 2.66. The molecule has 0 amide bonds. The Morgan fingerprint density at radius 1 is 1.70 bits per heavy atom. The summed E-state index contributed by atoms with van der Waals surface area (Å²) in [5, 5.41) is 0. The van der Waals surface area contributed by atoms with Crippen LogP contribution >= 0.6 is 0 Å². The van der Waals surface area contributed by atoms with E-state index in [1.807, 2.05) is 0 Å². The fraction of sp³-hybridized carbons (Fsp3) is 1.00. The van der Waals surface area contributed by atoms with Crippen LogP contribution in [0.15, 0.2) is 0 Å². The van der Waals surface area contributed by atoms with Crippen molar-refractivity contribution in [2.75, 3.05) is 18.9 Å². The number of epoxide rings is 1. The van der Waals surface area contributed by atoms with Gasteiger partial charge in [0.25, 0.3) is 0 Å². The molecule has 1 N–H and O–H groups in total. The fourth-order valence-electron chi connectivity index (χ4n) is 0.508. The third kappa shape index (κ3) is 2.64. The first-order chi connectivity index (χ1) is 4.64. The summed E-state index contributed by atoms with van der Waals surface area (Å²) in [6.45, 7) is 2.72. The molecule has 0 unspecified atom stereocenters. The summed E-state index contributed by atoms with van der Waals surface area (Å²) < 4.78 is 28.8. The number of nitrogens with one attached hydrogen (secondary N) is 1. The standard InChI is InChI=1S/C5H11NO3S/c1-2-10(7,8)6-3-5-4-9-5/h5-6H,2-4H2,1H3/t5-/m0/s1. The van der Waals surface area contributed by atoms with E-state index in [4.69, 9.17) is 4.74 Å². The van der Waals surface area contributed by atoms with Gasteiger partial charge in [-0.3, -0.25) is 0 Å². The second-order valence-corrected chi connectivity index (χ2v) is 4.30. The van der Waals surface area contributed by atoms with Crippen molar-refractivity contribution in [1.82, 2.24) is 4.72 Å². The predicted molar refractivity (Wildman–Crippen MR) is 37.2 cm³/mol. The van der Waals surface area contributed by atoms with Gasteiger partial charge in [-0.2, -0.15) is 0 Å². The molecule has 10 heavy (non-hydrogen) atoms. The van der Waals surface area contributed by atoms with Crippen molar-refractivity contribution >= 4 is 10.0 Å². The highest BCUT2D eigenvalue weighted by molar-refractivity contribution is 7.89. The SMILES string of the molecule is CCS(=O)(=O)NC[C@H]1CO1. The summed E-state index contributed by atoms with van der Waals surface area (Å²) in [6.07, 6.45) is 0.126. The maximum absolute atomic E-state index is 10.8. The minimum absolute atomic E-state index is 0.126. The highest BCUT2D eigenvalue weighted by Crippen LogP contribution is 2.06. The van der Waals surface area contributed by atoms with Gasteiger partial charge < -0.3 is 4.74 Å². The van der Waals surface area contributed by atoms with E-state index >= 15 is 0 Å². The lowest BCUT2D eigenvalue weighted by atomic mass is 10.5. The van der Waals surface area contributed by atoms with E-state index < -0.39 is 10.0 Å². The van der Waals surface area contributed by atoms with Gasteiger partial charge in [-0.15, -0.1) is 0 Å². The molecule has 1 heterocycles. The minimum atomic E-state index is -3.00. The number of hydrogen-bond acceptors (Lipinski definition) is 3. The molecular weight excluding hydrogens is 154 g/mol. The summed E-state index contributed by atoms with van der Waals surface area (Å²) in [5.41, 5.74) is 0. The van der Waals surface area contributed by atoms with Gasteiger partial charge in [0.05, 0.1) is 18.5 Å². The molecule has 1 aliphatic heterocycles. The van der Waals surface area contributed by atoms with Crippen LogP contribution in [0.1, 0.15) is 6.92 Å². The summed E-state index contributed by atoms with van der Waals surface area (Å²) in [4.78, 5) is 0. The van der Waals surface area contributed by atoms with E-state index in [0.29, 0.717) is 13.2 Å². The fourth-order valence-corrected chi connectivity index (χ4v) is 1.15. The lowest BCUT2D eigenvalue weighted by Gasteiger charge is -1.99. The Morgan fingerprint density at radius 2 is 2.30 bits per heavy atom. The maximum Gasteiger partial charge on any atom is 0.211 e. The van der Waals surface area contributed by atoms with Crippen molar-refractivity contribution in [2.24, 2.45) is 0 Å². The molecule has 1 saturated heterocycles.